The van der Waals surface area contributed by atoms with Crippen molar-refractivity contribution in [1.29, 1.82) is 0 Å². The predicted octanol–water partition coefficient (Wildman–Crippen LogP) is 4.15. The van der Waals surface area contributed by atoms with E-state index in [4.69, 9.17) is 11.6 Å². The number of sulfonamides is 1. The lowest BCUT2D eigenvalue weighted by Gasteiger charge is -2.34. The molecule has 2 heterocycles. The third-order valence-electron chi connectivity index (χ3n) is 7.24. The Balaban J connectivity index is 1.27. The fourth-order valence-corrected chi connectivity index (χ4v) is 9.97. The normalized spacial score (nSPS) is 22.9. The van der Waals surface area contributed by atoms with Crippen molar-refractivity contribution in [2.45, 2.75) is 60.1 Å². The first-order chi connectivity index (χ1) is 18.3. The average Bonchev–Trinajstić information content (AvgIpc) is 2.90. The van der Waals surface area contributed by atoms with E-state index in [1.165, 1.54) is 53.3 Å². The highest BCUT2D eigenvalue weighted by molar-refractivity contribution is 8.17. The molecule has 204 valence electrons. The fraction of sp³-hybridized carbons (Fsp3) is 0.481. The van der Waals surface area contributed by atoms with Crippen molar-refractivity contribution in [1.82, 2.24) is 14.9 Å². The Morgan fingerprint density at radius 1 is 1.11 bits per heavy atom. The van der Waals surface area contributed by atoms with Crippen LogP contribution in [0.3, 0.4) is 0 Å². The van der Waals surface area contributed by atoms with Crippen LogP contribution in [0.25, 0.3) is 0 Å². The molecular formula is C27H32ClN3O4S3. The summed E-state index contributed by atoms with van der Waals surface area (Å²) in [5.74, 6) is 1.67. The van der Waals surface area contributed by atoms with Crippen LogP contribution in [0.2, 0.25) is 5.02 Å². The van der Waals surface area contributed by atoms with Gasteiger partial charge in [-0.1, -0.05) is 29.8 Å². The second-order valence-electron chi connectivity index (χ2n) is 9.85. The number of fused-ring (bicyclic) bond motifs is 1. The Morgan fingerprint density at radius 3 is 2.63 bits per heavy atom. The minimum absolute atomic E-state index is 0.0454. The second-order valence-corrected chi connectivity index (χ2v) is 15.1. The fourth-order valence-electron chi connectivity index (χ4n) is 5.34. The molecule has 0 unspecified atom stereocenters. The first-order valence-electron chi connectivity index (χ1n) is 13.0. The van der Waals surface area contributed by atoms with Gasteiger partial charge in [-0.3, -0.25) is 9.59 Å². The summed E-state index contributed by atoms with van der Waals surface area (Å²) < 4.78 is 28.4. The number of carbonyl (C=O) groups is 2. The molecule has 2 aliphatic heterocycles. The highest BCUT2D eigenvalue weighted by Crippen LogP contribution is 2.35. The van der Waals surface area contributed by atoms with Crippen LogP contribution >= 0.6 is 35.1 Å². The summed E-state index contributed by atoms with van der Waals surface area (Å²) in [6, 6.07) is 11.2. The molecule has 2 aromatic rings. The van der Waals surface area contributed by atoms with Crippen LogP contribution in [0.5, 0.6) is 0 Å². The van der Waals surface area contributed by atoms with Crippen LogP contribution in [0.15, 0.2) is 47.4 Å². The highest BCUT2D eigenvalue weighted by Gasteiger charge is 2.40. The Hall–Kier alpha value is -1.72. The predicted molar refractivity (Wildman–Crippen MR) is 154 cm³/mol. The number of thioether (sulfide) groups is 2. The Labute approximate surface area is 237 Å². The molecule has 2 N–H and O–H groups in total. The van der Waals surface area contributed by atoms with Gasteiger partial charge in [0.15, 0.2) is 0 Å². The van der Waals surface area contributed by atoms with E-state index in [1.54, 1.807) is 0 Å². The average molecular weight is 594 g/mol. The zero-order valence-corrected chi connectivity index (χ0v) is 24.2. The summed E-state index contributed by atoms with van der Waals surface area (Å²) in [5.41, 5.74) is 3.73. The molecular weight excluding hydrogens is 562 g/mol. The van der Waals surface area contributed by atoms with Gasteiger partial charge in [0.25, 0.3) is 0 Å². The van der Waals surface area contributed by atoms with Crippen molar-refractivity contribution in [3.8, 4) is 0 Å². The monoisotopic (exact) mass is 593 g/mol. The minimum atomic E-state index is -3.97. The first kappa shape index (κ1) is 27.8. The molecule has 0 saturated carbocycles. The first-order valence-corrected chi connectivity index (χ1v) is 16.9. The molecule has 1 aliphatic carbocycles. The smallest absolute Gasteiger partial charge is 0.243 e. The van der Waals surface area contributed by atoms with E-state index in [0.29, 0.717) is 9.60 Å². The maximum atomic E-state index is 13.3. The number of nitrogens with one attached hydrogen (secondary N) is 2. The largest absolute Gasteiger partial charge is 0.353 e. The van der Waals surface area contributed by atoms with Crippen LogP contribution in [-0.2, 0) is 32.5 Å². The van der Waals surface area contributed by atoms with E-state index in [2.05, 4.69) is 28.8 Å². The molecule has 7 nitrogen and oxygen atoms in total. The minimum Gasteiger partial charge on any atom is -0.353 e. The SMILES string of the molecule is O=C(C[C@@H]1C(=O)NCCN1S(=O)(=O)c1ccc(Cl)cc1)N[C@@H]1CCCc2cc(CC3SCCCS3)ccc21. The molecule has 11 heteroatoms. The number of nitrogens with zero attached hydrogens (tertiary/aromatic N) is 1. The lowest BCUT2D eigenvalue weighted by atomic mass is 9.86. The summed E-state index contributed by atoms with van der Waals surface area (Å²) in [6.45, 7) is 0.293. The summed E-state index contributed by atoms with van der Waals surface area (Å²) in [4.78, 5) is 26.0. The number of amides is 2. The molecule has 2 fully saturated rings. The van der Waals surface area contributed by atoms with Crippen molar-refractivity contribution in [3.63, 3.8) is 0 Å². The number of hydrogen-bond donors (Lipinski definition) is 2. The number of hydrogen-bond acceptors (Lipinski definition) is 6. The van der Waals surface area contributed by atoms with Gasteiger partial charge < -0.3 is 10.6 Å². The molecule has 5 rings (SSSR count). The standard InChI is InChI=1S/C27H32ClN3O4S3/c28-20-6-8-21(9-7-20)38(34,35)31-12-11-29-27(33)24(31)17-25(32)30-23-4-1-3-19-15-18(5-10-22(19)23)16-26-36-13-2-14-37-26/h5-10,15,23-24,26H,1-4,11-14,16-17H2,(H,29,33)(H,30,32)/t23-,24-/m1/s1. The van der Waals surface area contributed by atoms with Gasteiger partial charge in [0.05, 0.1) is 21.9 Å². The molecule has 2 aromatic carbocycles. The van der Waals surface area contributed by atoms with E-state index < -0.39 is 22.0 Å². The van der Waals surface area contributed by atoms with Crippen LogP contribution in [-0.4, -0.2) is 59.8 Å². The maximum absolute atomic E-state index is 13.3. The van der Waals surface area contributed by atoms with Crippen LogP contribution in [0.4, 0.5) is 0 Å². The van der Waals surface area contributed by atoms with Gasteiger partial charge in [0.1, 0.15) is 6.04 Å². The molecule has 2 amide bonds. The van der Waals surface area contributed by atoms with Crippen molar-refractivity contribution in [3.05, 3.63) is 64.2 Å². The Bertz CT molecular complexity index is 1280. The molecule has 0 radical (unpaired) electrons. The third kappa shape index (κ3) is 6.36. The van der Waals surface area contributed by atoms with Gasteiger partial charge in [0.2, 0.25) is 21.8 Å². The second kappa shape index (κ2) is 12.2. The molecule has 3 aliphatic rings. The highest BCUT2D eigenvalue weighted by atomic mass is 35.5. The number of benzene rings is 2. The van der Waals surface area contributed by atoms with Crippen LogP contribution < -0.4 is 10.6 Å². The summed E-state index contributed by atoms with van der Waals surface area (Å²) in [6.07, 6.45) is 4.86. The lowest BCUT2D eigenvalue weighted by Crippen LogP contribution is -2.58. The number of carbonyl (C=O) groups excluding carboxylic acids is 2. The van der Waals surface area contributed by atoms with E-state index in [9.17, 15) is 18.0 Å². The maximum Gasteiger partial charge on any atom is 0.243 e. The number of piperazine rings is 1. The van der Waals surface area contributed by atoms with Gasteiger partial charge in [-0.15, -0.1) is 23.5 Å². The molecule has 0 bridgehead atoms. The number of aryl methyl sites for hydroxylation is 1. The number of rotatable bonds is 7. The van der Waals surface area contributed by atoms with Crippen molar-refractivity contribution in [2.75, 3.05) is 24.6 Å². The zero-order chi connectivity index (χ0) is 26.7. The van der Waals surface area contributed by atoms with E-state index in [1.807, 2.05) is 23.5 Å². The van der Waals surface area contributed by atoms with Crippen LogP contribution in [0, 0.1) is 0 Å². The lowest BCUT2D eigenvalue weighted by molar-refractivity contribution is -0.132. The van der Waals surface area contributed by atoms with Crippen molar-refractivity contribution >= 4 is 57.0 Å². The molecule has 0 spiro atoms. The van der Waals surface area contributed by atoms with Crippen molar-refractivity contribution < 1.29 is 18.0 Å². The van der Waals surface area contributed by atoms with Crippen molar-refractivity contribution in [2.24, 2.45) is 0 Å². The topological polar surface area (TPSA) is 95.6 Å². The number of halogens is 1. The van der Waals surface area contributed by atoms with E-state index >= 15 is 0 Å². The summed E-state index contributed by atoms with van der Waals surface area (Å²) >= 11 is 10.0. The molecule has 38 heavy (non-hydrogen) atoms. The zero-order valence-electron chi connectivity index (χ0n) is 21.0. The summed E-state index contributed by atoms with van der Waals surface area (Å²) in [7, 11) is -3.97. The van der Waals surface area contributed by atoms with Gasteiger partial charge in [-0.05, 0) is 84.6 Å². The van der Waals surface area contributed by atoms with Gasteiger partial charge >= 0.3 is 0 Å². The molecule has 0 aromatic heterocycles. The van der Waals surface area contributed by atoms with Gasteiger partial charge in [0, 0.05) is 18.1 Å². The molecule has 2 saturated heterocycles. The van der Waals surface area contributed by atoms with E-state index in [-0.39, 0.29) is 36.4 Å². The summed E-state index contributed by atoms with van der Waals surface area (Å²) in [5, 5.41) is 6.23. The Morgan fingerprint density at radius 2 is 1.87 bits per heavy atom. The molecule has 2 atom stereocenters. The quantitative estimate of drug-likeness (QED) is 0.501. The van der Waals surface area contributed by atoms with E-state index in [0.717, 1.165) is 35.6 Å². The van der Waals surface area contributed by atoms with Gasteiger partial charge in [-0.2, -0.15) is 4.31 Å². The third-order valence-corrected chi connectivity index (χ3v) is 12.4. The Kier molecular flexibility index (Phi) is 8.94. The van der Waals surface area contributed by atoms with Gasteiger partial charge in [-0.25, -0.2) is 8.42 Å². The van der Waals surface area contributed by atoms with Crippen LogP contribution in [0.1, 0.15) is 48.4 Å².